The molecule has 0 unspecified atom stereocenters. The molecular formula is C14H14ClN5O. The van der Waals surface area contributed by atoms with Crippen LogP contribution in [-0.4, -0.2) is 19.5 Å². The summed E-state index contributed by atoms with van der Waals surface area (Å²) in [6, 6.07) is 8.24. The Kier molecular flexibility index (Phi) is 3.17. The van der Waals surface area contributed by atoms with Crippen molar-refractivity contribution in [1.29, 1.82) is 0 Å². The summed E-state index contributed by atoms with van der Waals surface area (Å²) in [5.74, 6) is 0.240. The van der Waals surface area contributed by atoms with Crippen LogP contribution in [0, 0.1) is 0 Å². The standard InChI is InChI=1S/C14H13N5O.ClH/c15-14-18-12-11(16-7-17-12)13(20)19(14)10-5-8-3-1-2-4-9(8)6-10;/h1-4,7,10H,5-6H2,(H2,15,18)(H,16,17);1H. The lowest BCUT2D eigenvalue weighted by molar-refractivity contribution is 0.517. The van der Waals surface area contributed by atoms with Crippen molar-refractivity contribution in [3.63, 3.8) is 0 Å². The lowest BCUT2D eigenvalue weighted by atomic mass is 10.1. The van der Waals surface area contributed by atoms with Gasteiger partial charge in [-0.15, -0.1) is 12.4 Å². The molecule has 4 rings (SSSR count). The van der Waals surface area contributed by atoms with Gasteiger partial charge in [-0.2, -0.15) is 4.98 Å². The Hall–Kier alpha value is -2.34. The van der Waals surface area contributed by atoms with Gasteiger partial charge in [0.1, 0.15) is 0 Å². The molecule has 0 bridgehead atoms. The molecule has 1 aliphatic carbocycles. The Labute approximate surface area is 126 Å². The van der Waals surface area contributed by atoms with Gasteiger partial charge in [0, 0.05) is 6.04 Å². The van der Waals surface area contributed by atoms with Crippen molar-refractivity contribution in [3.8, 4) is 0 Å². The van der Waals surface area contributed by atoms with Gasteiger partial charge in [0.15, 0.2) is 11.2 Å². The number of nitrogen functional groups attached to an aromatic ring is 1. The number of halogens is 1. The van der Waals surface area contributed by atoms with E-state index in [0.717, 1.165) is 12.8 Å². The molecule has 0 atom stereocenters. The SMILES string of the molecule is Cl.Nc1nc2[nH]cnc2c(=O)n1C1Cc2ccccc2C1. The number of hydrogen-bond acceptors (Lipinski definition) is 4. The molecule has 1 aromatic carbocycles. The molecule has 0 saturated carbocycles. The number of benzene rings is 1. The quantitative estimate of drug-likeness (QED) is 0.712. The van der Waals surface area contributed by atoms with Crippen molar-refractivity contribution in [1.82, 2.24) is 19.5 Å². The van der Waals surface area contributed by atoms with Gasteiger partial charge in [-0.25, -0.2) is 4.98 Å². The topological polar surface area (TPSA) is 89.6 Å². The van der Waals surface area contributed by atoms with E-state index in [9.17, 15) is 4.79 Å². The van der Waals surface area contributed by atoms with Crippen LogP contribution in [0.2, 0.25) is 0 Å². The summed E-state index contributed by atoms with van der Waals surface area (Å²) in [4.78, 5) is 23.6. The maximum absolute atomic E-state index is 12.5. The fourth-order valence-electron chi connectivity index (χ4n) is 2.99. The number of nitrogens with one attached hydrogen (secondary N) is 1. The van der Waals surface area contributed by atoms with Crippen molar-refractivity contribution in [3.05, 3.63) is 52.1 Å². The zero-order valence-electron chi connectivity index (χ0n) is 11.1. The predicted octanol–water partition coefficient (Wildman–Crippen LogP) is 1.46. The van der Waals surface area contributed by atoms with Crippen molar-refractivity contribution < 1.29 is 0 Å². The summed E-state index contributed by atoms with van der Waals surface area (Å²) in [6.07, 6.45) is 3.07. The molecule has 108 valence electrons. The lowest BCUT2D eigenvalue weighted by Gasteiger charge is -2.15. The Bertz CT molecular complexity index is 844. The average Bonchev–Trinajstić information content (AvgIpc) is 3.04. The third-order valence-corrected chi connectivity index (χ3v) is 3.91. The van der Waals surface area contributed by atoms with Crippen LogP contribution in [0.25, 0.3) is 11.2 Å². The van der Waals surface area contributed by atoms with Gasteiger partial charge in [0.05, 0.1) is 6.33 Å². The highest BCUT2D eigenvalue weighted by Crippen LogP contribution is 2.30. The molecule has 0 fully saturated rings. The maximum Gasteiger partial charge on any atom is 0.283 e. The summed E-state index contributed by atoms with van der Waals surface area (Å²) in [5.41, 5.74) is 9.12. The summed E-state index contributed by atoms with van der Waals surface area (Å²) < 4.78 is 1.57. The summed E-state index contributed by atoms with van der Waals surface area (Å²) in [5, 5.41) is 0. The molecule has 0 amide bonds. The molecule has 0 radical (unpaired) electrons. The van der Waals surface area contributed by atoms with Crippen LogP contribution in [-0.2, 0) is 12.8 Å². The number of rotatable bonds is 1. The van der Waals surface area contributed by atoms with Gasteiger partial charge in [0.25, 0.3) is 5.56 Å². The van der Waals surface area contributed by atoms with Gasteiger partial charge in [-0.1, -0.05) is 24.3 Å². The van der Waals surface area contributed by atoms with Crippen molar-refractivity contribution >= 4 is 29.5 Å². The molecule has 7 heteroatoms. The first-order valence-electron chi connectivity index (χ1n) is 6.52. The third-order valence-electron chi connectivity index (χ3n) is 3.91. The molecule has 21 heavy (non-hydrogen) atoms. The van der Waals surface area contributed by atoms with Gasteiger partial charge in [-0.3, -0.25) is 9.36 Å². The average molecular weight is 304 g/mol. The molecule has 1 aliphatic rings. The number of aromatic nitrogens is 4. The summed E-state index contributed by atoms with van der Waals surface area (Å²) in [7, 11) is 0. The normalized spacial score (nSPS) is 14.1. The molecule has 6 nitrogen and oxygen atoms in total. The predicted molar refractivity (Wildman–Crippen MR) is 82.7 cm³/mol. The maximum atomic E-state index is 12.5. The summed E-state index contributed by atoms with van der Waals surface area (Å²) in [6.45, 7) is 0. The largest absolute Gasteiger partial charge is 0.369 e. The van der Waals surface area contributed by atoms with Crippen molar-refractivity contribution in [2.75, 3.05) is 5.73 Å². The van der Waals surface area contributed by atoms with Gasteiger partial charge < -0.3 is 10.7 Å². The van der Waals surface area contributed by atoms with Gasteiger partial charge in [0.2, 0.25) is 5.95 Å². The summed E-state index contributed by atoms with van der Waals surface area (Å²) >= 11 is 0. The van der Waals surface area contributed by atoms with Crippen LogP contribution >= 0.6 is 12.4 Å². The van der Waals surface area contributed by atoms with E-state index in [4.69, 9.17) is 5.73 Å². The minimum atomic E-state index is -0.174. The highest BCUT2D eigenvalue weighted by Gasteiger charge is 2.26. The molecule has 3 N–H and O–H groups in total. The van der Waals surface area contributed by atoms with E-state index in [-0.39, 0.29) is 30.0 Å². The number of aromatic amines is 1. The number of nitrogens with zero attached hydrogens (tertiary/aromatic N) is 3. The second-order valence-electron chi connectivity index (χ2n) is 5.08. The molecule has 0 spiro atoms. The molecule has 3 aromatic rings. The molecule has 2 aromatic heterocycles. The second kappa shape index (κ2) is 4.89. The van der Waals surface area contributed by atoms with E-state index >= 15 is 0 Å². The van der Waals surface area contributed by atoms with Gasteiger partial charge >= 0.3 is 0 Å². The van der Waals surface area contributed by atoms with Crippen molar-refractivity contribution in [2.24, 2.45) is 0 Å². The minimum Gasteiger partial charge on any atom is -0.369 e. The van der Waals surface area contributed by atoms with E-state index in [2.05, 4.69) is 27.1 Å². The molecule has 2 heterocycles. The van der Waals surface area contributed by atoms with Crippen LogP contribution in [0.1, 0.15) is 17.2 Å². The van der Waals surface area contributed by atoms with E-state index in [1.165, 1.54) is 17.5 Å². The van der Waals surface area contributed by atoms with E-state index < -0.39 is 0 Å². The zero-order chi connectivity index (χ0) is 13.7. The van der Waals surface area contributed by atoms with Crippen LogP contribution in [0.5, 0.6) is 0 Å². The van der Waals surface area contributed by atoms with Crippen LogP contribution in [0.15, 0.2) is 35.4 Å². The fraction of sp³-hybridized carbons (Fsp3) is 0.214. The molecular weight excluding hydrogens is 290 g/mol. The minimum absolute atomic E-state index is 0. The Morgan fingerprint density at radius 3 is 2.57 bits per heavy atom. The van der Waals surface area contributed by atoms with Crippen molar-refractivity contribution in [2.45, 2.75) is 18.9 Å². The van der Waals surface area contributed by atoms with Gasteiger partial charge in [-0.05, 0) is 24.0 Å². The first kappa shape index (κ1) is 13.6. The smallest absolute Gasteiger partial charge is 0.283 e. The highest BCUT2D eigenvalue weighted by atomic mass is 35.5. The van der Waals surface area contributed by atoms with Crippen LogP contribution < -0.4 is 11.3 Å². The fourth-order valence-corrected chi connectivity index (χ4v) is 2.99. The first-order chi connectivity index (χ1) is 9.74. The number of H-pyrrole nitrogens is 1. The highest BCUT2D eigenvalue weighted by molar-refractivity contribution is 5.85. The molecule has 0 aliphatic heterocycles. The van der Waals surface area contributed by atoms with E-state index in [1.54, 1.807) is 4.57 Å². The van der Waals surface area contributed by atoms with Crippen LogP contribution in [0.4, 0.5) is 5.95 Å². The van der Waals surface area contributed by atoms with Crippen LogP contribution in [0.3, 0.4) is 0 Å². The number of hydrogen-bond donors (Lipinski definition) is 2. The number of nitrogens with two attached hydrogens (primary N) is 1. The molecule has 0 saturated heterocycles. The Morgan fingerprint density at radius 2 is 1.90 bits per heavy atom. The zero-order valence-corrected chi connectivity index (χ0v) is 11.9. The van der Waals surface area contributed by atoms with E-state index in [1.807, 2.05) is 12.1 Å². The second-order valence-corrected chi connectivity index (χ2v) is 5.08. The van der Waals surface area contributed by atoms with E-state index in [0.29, 0.717) is 11.2 Å². The monoisotopic (exact) mass is 303 g/mol. The Balaban J connectivity index is 0.00000132. The third kappa shape index (κ3) is 1.99. The lowest BCUT2D eigenvalue weighted by Crippen LogP contribution is -2.29. The Morgan fingerprint density at radius 1 is 1.24 bits per heavy atom. The number of anilines is 1. The number of imidazole rings is 1. The number of fused-ring (bicyclic) bond motifs is 2. The first-order valence-corrected chi connectivity index (χ1v) is 6.52.